The maximum atomic E-state index is 14.0. The van der Waals surface area contributed by atoms with Gasteiger partial charge in [-0.05, 0) is 30.2 Å². The summed E-state index contributed by atoms with van der Waals surface area (Å²) in [6.45, 7) is 0.152. The number of fused-ring (bicyclic) bond motifs is 1. The second-order valence-corrected chi connectivity index (χ2v) is 7.36. The molecule has 0 saturated carbocycles. The van der Waals surface area contributed by atoms with E-state index in [1.54, 1.807) is 29.2 Å². The zero-order chi connectivity index (χ0) is 20.6. The predicted molar refractivity (Wildman–Crippen MR) is 102 cm³/mol. The van der Waals surface area contributed by atoms with Gasteiger partial charge in [-0.3, -0.25) is 0 Å². The first-order valence-electron chi connectivity index (χ1n) is 8.73. The van der Waals surface area contributed by atoms with E-state index in [1.165, 1.54) is 18.3 Å². The van der Waals surface area contributed by atoms with Crippen molar-refractivity contribution in [2.45, 2.75) is 19.1 Å². The first kappa shape index (κ1) is 19.4. The molecule has 0 bridgehead atoms. The van der Waals surface area contributed by atoms with Crippen LogP contribution in [-0.2, 0) is 19.1 Å². The highest BCUT2D eigenvalue weighted by molar-refractivity contribution is 7.14. The number of alkyl halides is 3. The van der Waals surface area contributed by atoms with Crippen LogP contribution < -0.4 is 0 Å². The van der Waals surface area contributed by atoms with Crippen LogP contribution in [0.3, 0.4) is 0 Å². The summed E-state index contributed by atoms with van der Waals surface area (Å²) in [6.07, 6.45) is -2.75. The zero-order valence-electron chi connectivity index (χ0n) is 14.9. The minimum Gasteiger partial charge on any atom is -0.506 e. The van der Waals surface area contributed by atoms with E-state index in [4.69, 9.17) is 0 Å². The molecule has 0 fully saturated rings. The molecule has 9 heteroatoms. The molecule has 150 valence electrons. The molecule has 0 aliphatic carbocycles. The van der Waals surface area contributed by atoms with Crippen LogP contribution in [0.1, 0.15) is 22.4 Å². The number of pyridine rings is 1. The number of rotatable bonds is 4. The van der Waals surface area contributed by atoms with Crippen molar-refractivity contribution in [1.82, 2.24) is 9.88 Å². The summed E-state index contributed by atoms with van der Waals surface area (Å²) < 4.78 is 54.1. The van der Waals surface area contributed by atoms with Gasteiger partial charge in [0.15, 0.2) is 5.84 Å². The highest BCUT2D eigenvalue weighted by Gasteiger charge is 2.38. The fraction of sp³-hybridized carbons (Fsp3) is 0.200. The molecule has 4 rings (SSSR count). The monoisotopic (exact) mass is 421 g/mol. The van der Waals surface area contributed by atoms with Crippen molar-refractivity contribution in [3.05, 3.63) is 76.2 Å². The van der Waals surface area contributed by atoms with E-state index in [0.717, 1.165) is 16.7 Å². The first-order valence-corrected chi connectivity index (χ1v) is 9.61. The Morgan fingerprint density at radius 3 is 2.66 bits per heavy atom. The summed E-state index contributed by atoms with van der Waals surface area (Å²) in [5.74, 6) is -0.239. The Kier molecular flexibility index (Phi) is 4.99. The average molecular weight is 421 g/mol. The van der Waals surface area contributed by atoms with Crippen LogP contribution in [0.4, 0.5) is 22.6 Å². The SMILES string of the molecule is Oc1cccnc1C1=Nc2scc(C(F)(F)F)c2CN1CCc1ccccc1F. The summed E-state index contributed by atoms with van der Waals surface area (Å²) in [5, 5.41) is 11.5. The molecule has 0 atom stereocenters. The summed E-state index contributed by atoms with van der Waals surface area (Å²) in [5.41, 5.74) is -0.0189. The van der Waals surface area contributed by atoms with E-state index in [0.29, 0.717) is 5.56 Å². The first-order chi connectivity index (χ1) is 13.8. The van der Waals surface area contributed by atoms with Gasteiger partial charge in [-0.15, -0.1) is 11.3 Å². The van der Waals surface area contributed by atoms with Crippen LogP contribution >= 0.6 is 11.3 Å². The largest absolute Gasteiger partial charge is 0.506 e. The molecule has 3 aromatic rings. The second-order valence-electron chi connectivity index (χ2n) is 6.50. The molecule has 3 heterocycles. The van der Waals surface area contributed by atoms with E-state index in [2.05, 4.69) is 9.98 Å². The molecule has 0 radical (unpaired) electrons. The standard InChI is InChI=1S/C20H15F4N3OS/c21-15-5-2-1-4-12(15)7-9-27-10-13-14(20(22,23)24)11-29-19(13)26-18(27)17-16(28)6-3-8-25-17/h1-6,8,11,28H,7,9-10H2. The van der Waals surface area contributed by atoms with Crippen molar-refractivity contribution in [3.63, 3.8) is 0 Å². The van der Waals surface area contributed by atoms with Gasteiger partial charge in [0.1, 0.15) is 22.3 Å². The van der Waals surface area contributed by atoms with E-state index in [9.17, 15) is 22.7 Å². The van der Waals surface area contributed by atoms with Crippen LogP contribution in [0, 0.1) is 5.82 Å². The summed E-state index contributed by atoms with van der Waals surface area (Å²) in [4.78, 5) is 10.1. The van der Waals surface area contributed by atoms with Gasteiger partial charge in [0.25, 0.3) is 0 Å². The quantitative estimate of drug-likeness (QED) is 0.594. The minimum atomic E-state index is -4.48. The van der Waals surface area contributed by atoms with Crippen molar-refractivity contribution in [2.75, 3.05) is 6.54 Å². The molecule has 0 unspecified atom stereocenters. The van der Waals surface area contributed by atoms with Gasteiger partial charge in [-0.1, -0.05) is 18.2 Å². The number of hydrogen-bond acceptors (Lipinski definition) is 5. The predicted octanol–water partition coefficient (Wildman–Crippen LogP) is 5.14. The molecule has 4 nitrogen and oxygen atoms in total. The molecule has 1 aliphatic rings. The Labute approximate surface area is 167 Å². The van der Waals surface area contributed by atoms with Crippen LogP contribution in [-0.4, -0.2) is 27.4 Å². The molecule has 1 aliphatic heterocycles. The number of aliphatic imine (C=N–C) groups is 1. The lowest BCUT2D eigenvalue weighted by atomic mass is 10.1. The molecule has 1 N–H and O–H groups in total. The molecule has 2 aromatic heterocycles. The molecular weight excluding hydrogens is 406 g/mol. The van der Waals surface area contributed by atoms with E-state index < -0.39 is 11.7 Å². The topological polar surface area (TPSA) is 48.7 Å². The van der Waals surface area contributed by atoms with Crippen molar-refractivity contribution < 1.29 is 22.7 Å². The number of benzene rings is 1. The number of amidine groups is 1. The number of halogens is 4. The number of aromatic nitrogens is 1. The van der Waals surface area contributed by atoms with Crippen molar-refractivity contribution >= 4 is 22.2 Å². The van der Waals surface area contributed by atoms with Gasteiger partial charge in [0, 0.05) is 30.2 Å². The molecule has 1 aromatic carbocycles. The number of hydrogen-bond donors (Lipinski definition) is 1. The molecule has 29 heavy (non-hydrogen) atoms. The van der Waals surface area contributed by atoms with Crippen LogP contribution in [0.15, 0.2) is 53.0 Å². The molecular formula is C20H15F4N3OS. The lowest BCUT2D eigenvalue weighted by molar-refractivity contribution is -0.138. The van der Waals surface area contributed by atoms with Crippen molar-refractivity contribution in [2.24, 2.45) is 4.99 Å². The third kappa shape index (κ3) is 3.82. The van der Waals surface area contributed by atoms with Gasteiger partial charge < -0.3 is 10.0 Å². The second kappa shape index (κ2) is 7.47. The Balaban J connectivity index is 1.73. The van der Waals surface area contributed by atoms with Crippen LogP contribution in [0.5, 0.6) is 5.75 Å². The minimum absolute atomic E-state index is 0.0586. The Morgan fingerprint density at radius 1 is 1.14 bits per heavy atom. The molecule has 0 spiro atoms. The number of nitrogens with zero attached hydrogens (tertiary/aromatic N) is 3. The number of aromatic hydroxyl groups is 1. The van der Waals surface area contributed by atoms with E-state index in [1.807, 2.05) is 0 Å². The van der Waals surface area contributed by atoms with E-state index in [-0.39, 0.29) is 53.2 Å². The van der Waals surface area contributed by atoms with Crippen molar-refractivity contribution in [3.8, 4) is 5.75 Å². The molecule has 0 saturated heterocycles. The van der Waals surface area contributed by atoms with Crippen LogP contribution in [0.2, 0.25) is 0 Å². The fourth-order valence-electron chi connectivity index (χ4n) is 3.20. The summed E-state index contributed by atoms with van der Waals surface area (Å²) in [7, 11) is 0. The third-order valence-electron chi connectivity index (χ3n) is 4.64. The molecule has 0 amide bonds. The smallest absolute Gasteiger partial charge is 0.417 e. The fourth-order valence-corrected chi connectivity index (χ4v) is 4.16. The normalized spacial score (nSPS) is 13.9. The lowest BCUT2D eigenvalue weighted by Crippen LogP contribution is -2.36. The Bertz CT molecular complexity index is 1080. The average Bonchev–Trinajstić information content (AvgIpc) is 3.10. The van der Waals surface area contributed by atoms with E-state index >= 15 is 0 Å². The van der Waals surface area contributed by atoms with Gasteiger partial charge in [-0.25, -0.2) is 14.4 Å². The summed E-state index contributed by atoms with van der Waals surface area (Å²) in [6, 6.07) is 9.23. The van der Waals surface area contributed by atoms with Gasteiger partial charge in [-0.2, -0.15) is 13.2 Å². The van der Waals surface area contributed by atoms with Gasteiger partial charge in [0.2, 0.25) is 0 Å². The maximum Gasteiger partial charge on any atom is 0.417 e. The van der Waals surface area contributed by atoms with Gasteiger partial charge >= 0.3 is 6.18 Å². The lowest BCUT2D eigenvalue weighted by Gasteiger charge is -2.30. The number of thiophene rings is 1. The highest BCUT2D eigenvalue weighted by Crippen LogP contribution is 2.44. The summed E-state index contributed by atoms with van der Waals surface area (Å²) >= 11 is 0.899. The van der Waals surface area contributed by atoms with Gasteiger partial charge in [0.05, 0.1) is 5.56 Å². The Hall–Kier alpha value is -2.94. The maximum absolute atomic E-state index is 14.0. The third-order valence-corrected chi connectivity index (χ3v) is 5.55. The highest BCUT2D eigenvalue weighted by atomic mass is 32.1. The Morgan fingerprint density at radius 2 is 1.93 bits per heavy atom. The zero-order valence-corrected chi connectivity index (χ0v) is 15.8. The van der Waals surface area contributed by atoms with Crippen LogP contribution in [0.25, 0.3) is 0 Å². The van der Waals surface area contributed by atoms with Crippen molar-refractivity contribution in [1.29, 1.82) is 0 Å².